The maximum atomic E-state index is 4.83. The quantitative estimate of drug-likeness (QED) is 0.904. The molecule has 3 heteroatoms. The number of imidazole rings is 1. The largest absolute Gasteiger partial charge is 0.331 e. The van der Waals surface area contributed by atoms with Gasteiger partial charge in [0.25, 0.3) is 0 Å². The first-order chi connectivity index (χ1) is 9.79. The Bertz CT molecular complexity index is 567. The Kier molecular flexibility index (Phi) is 4.06. The molecule has 1 aromatic heterocycles. The van der Waals surface area contributed by atoms with Gasteiger partial charge in [-0.05, 0) is 37.4 Å². The highest BCUT2D eigenvalue weighted by molar-refractivity contribution is 5.75. The molecule has 1 aliphatic rings. The Balaban J connectivity index is 1.84. The third-order valence-corrected chi connectivity index (χ3v) is 4.72. The molecule has 0 amide bonds. The van der Waals surface area contributed by atoms with E-state index in [2.05, 4.69) is 48.1 Å². The molecular weight excluding hydrogens is 246 g/mol. The fourth-order valence-corrected chi connectivity index (χ4v) is 3.60. The number of fused-ring (bicyclic) bond motifs is 1. The predicted molar refractivity (Wildman–Crippen MR) is 83.8 cm³/mol. The first-order valence-electron chi connectivity index (χ1n) is 7.93. The lowest BCUT2D eigenvalue weighted by molar-refractivity contribution is 0.356. The lowest BCUT2D eigenvalue weighted by atomic mass is 9.95. The van der Waals surface area contributed by atoms with Gasteiger partial charge in [-0.3, -0.25) is 0 Å². The third-order valence-electron chi connectivity index (χ3n) is 4.72. The number of hydrogen-bond acceptors (Lipinski definition) is 2. The molecule has 0 radical (unpaired) electrons. The number of aromatic nitrogens is 2. The zero-order valence-corrected chi connectivity index (χ0v) is 12.6. The van der Waals surface area contributed by atoms with Gasteiger partial charge >= 0.3 is 0 Å². The molecule has 1 aromatic carbocycles. The van der Waals surface area contributed by atoms with Crippen molar-refractivity contribution >= 4 is 11.0 Å². The van der Waals surface area contributed by atoms with Gasteiger partial charge < -0.3 is 9.88 Å². The smallest absolute Gasteiger partial charge is 0.111 e. The van der Waals surface area contributed by atoms with Crippen LogP contribution in [0, 0.1) is 5.92 Å². The van der Waals surface area contributed by atoms with Crippen LogP contribution in [0.15, 0.2) is 24.3 Å². The fraction of sp³-hybridized carbons (Fsp3) is 0.588. The maximum absolute atomic E-state index is 4.83. The molecule has 0 bridgehead atoms. The highest BCUT2D eigenvalue weighted by Crippen LogP contribution is 2.29. The minimum Gasteiger partial charge on any atom is -0.331 e. The molecule has 1 aliphatic carbocycles. The number of benzene rings is 1. The zero-order chi connectivity index (χ0) is 13.9. The van der Waals surface area contributed by atoms with Gasteiger partial charge in [0.1, 0.15) is 5.82 Å². The van der Waals surface area contributed by atoms with E-state index in [1.807, 2.05) is 0 Å². The van der Waals surface area contributed by atoms with Gasteiger partial charge in [-0.1, -0.05) is 31.9 Å². The summed E-state index contributed by atoms with van der Waals surface area (Å²) in [6, 6.07) is 9.00. The van der Waals surface area contributed by atoms with Crippen LogP contribution in [0.3, 0.4) is 0 Å². The Morgan fingerprint density at radius 3 is 2.75 bits per heavy atom. The van der Waals surface area contributed by atoms with Gasteiger partial charge in [-0.2, -0.15) is 0 Å². The topological polar surface area (TPSA) is 29.9 Å². The number of aryl methyl sites for hydroxylation is 1. The second-order valence-electron chi connectivity index (χ2n) is 5.99. The molecule has 1 fully saturated rings. The van der Waals surface area contributed by atoms with E-state index in [0.29, 0.717) is 6.04 Å². The van der Waals surface area contributed by atoms with E-state index in [1.54, 1.807) is 0 Å². The van der Waals surface area contributed by atoms with Crippen LogP contribution in [0.25, 0.3) is 11.0 Å². The van der Waals surface area contributed by atoms with Crippen molar-refractivity contribution in [3.05, 3.63) is 30.1 Å². The van der Waals surface area contributed by atoms with E-state index in [4.69, 9.17) is 4.98 Å². The van der Waals surface area contributed by atoms with Crippen molar-refractivity contribution in [1.82, 2.24) is 14.9 Å². The van der Waals surface area contributed by atoms with Gasteiger partial charge in [0.05, 0.1) is 11.0 Å². The number of nitrogens with zero attached hydrogens (tertiary/aromatic N) is 2. The summed E-state index contributed by atoms with van der Waals surface area (Å²) >= 11 is 0. The SMILES string of the molecule is CCNC(Cc1nc2ccccc2n1C)C1CCCC1. The number of rotatable bonds is 5. The van der Waals surface area contributed by atoms with Gasteiger partial charge in [-0.25, -0.2) is 4.98 Å². The lowest BCUT2D eigenvalue weighted by Crippen LogP contribution is -2.37. The van der Waals surface area contributed by atoms with Crippen LogP contribution in [0.2, 0.25) is 0 Å². The molecule has 1 unspecified atom stereocenters. The Labute approximate surface area is 121 Å². The fourth-order valence-electron chi connectivity index (χ4n) is 3.60. The lowest BCUT2D eigenvalue weighted by Gasteiger charge is -2.24. The highest BCUT2D eigenvalue weighted by Gasteiger charge is 2.25. The molecule has 1 saturated carbocycles. The second-order valence-corrected chi connectivity index (χ2v) is 5.99. The van der Waals surface area contributed by atoms with E-state index in [1.165, 1.54) is 37.0 Å². The second kappa shape index (κ2) is 5.96. The number of nitrogens with one attached hydrogen (secondary N) is 1. The van der Waals surface area contributed by atoms with Gasteiger partial charge in [0.2, 0.25) is 0 Å². The van der Waals surface area contributed by atoms with Crippen LogP contribution < -0.4 is 5.32 Å². The zero-order valence-electron chi connectivity index (χ0n) is 12.6. The average molecular weight is 271 g/mol. The van der Waals surface area contributed by atoms with Crippen LogP contribution in [-0.2, 0) is 13.5 Å². The molecule has 0 aliphatic heterocycles. The third kappa shape index (κ3) is 2.59. The summed E-state index contributed by atoms with van der Waals surface area (Å²) < 4.78 is 2.26. The normalized spacial score (nSPS) is 17.9. The summed E-state index contributed by atoms with van der Waals surface area (Å²) in [5.41, 5.74) is 2.36. The van der Waals surface area contributed by atoms with E-state index < -0.39 is 0 Å². The first kappa shape index (κ1) is 13.6. The van der Waals surface area contributed by atoms with Crippen LogP contribution in [0.5, 0.6) is 0 Å². The van der Waals surface area contributed by atoms with Crippen molar-refractivity contribution in [1.29, 1.82) is 0 Å². The van der Waals surface area contributed by atoms with Crippen molar-refractivity contribution in [2.75, 3.05) is 6.54 Å². The minimum atomic E-state index is 0.581. The van der Waals surface area contributed by atoms with Crippen molar-refractivity contribution < 1.29 is 0 Å². The van der Waals surface area contributed by atoms with Crippen LogP contribution >= 0.6 is 0 Å². The van der Waals surface area contributed by atoms with Crippen molar-refractivity contribution in [3.63, 3.8) is 0 Å². The van der Waals surface area contributed by atoms with Crippen molar-refractivity contribution in [3.8, 4) is 0 Å². The van der Waals surface area contributed by atoms with Gasteiger partial charge in [-0.15, -0.1) is 0 Å². The Morgan fingerprint density at radius 2 is 2.05 bits per heavy atom. The average Bonchev–Trinajstić information content (AvgIpc) is 3.08. The molecule has 108 valence electrons. The molecule has 1 N–H and O–H groups in total. The first-order valence-corrected chi connectivity index (χ1v) is 7.93. The highest BCUT2D eigenvalue weighted by atomic mass is 15.1. The molecule has 1 heterocycles. The molecule has 20 heavy (non-hydrogen) atoms. The summed E-state index contributed by atoms with van der Waals surface area (Å²) in [4.78, 5) is 4.83. The number of hydrogen-bond donors (Lipinski definition) is 1. The summed E-state index contributed by atoms with van der Waals surface area (Å²) in [5.74, 6) is 2.04. The minimum absolute atomic E-state index is 0.581. The molecule has 2 aromatic rings. The number of para-hydroxylation sites is 2. The van der Waals surface area contributed by atoms with Crippen molar-refractivity contribution in [2.24, 2.45) is 13.0 Å². The monoisotopic (exact) mass is 271 g/mol. The standard InChI is InChI=1S/C17H25N3/c1-3-18-15(13-8-4-5-9-13)12-17-19-14-10-6-7-11-16(14)20(17)2/h6-7,10-11,13,15,18H,3-5,8-9,12H2,1-2H3. The molecular formula is C17H25N3. The van der Waals surface area contributed by atoms with Gasteiger partial charge in [0, 0.05) is 19.5 Å². The molecule has 3 rings (SSSR count). The molecule has 0 saturated heterocycles. The van der Waals surface area contributed by atoms with Gasteiger partial charge in [0.15, 0.2) is 0 Å². The molecule has 0 spiro atoms. The Hall–Kier alpha value is -1.35. The van der Waals surface area contributed by atoms with Crippen LogP contribution in [-0.4, -0.2) is 22.1 Å². The molecule has 3 nitrogen and oxygen atoms in total. The van der Waals surface area contributed by atoms with E-state index in [0.717, 1.165) is 24.4 Å². The predicted octanol–water partition coefficient (Wildman–Crippen LogP) is 3.28. The van der Waals surface area contributed by atoms with Crippen molar-refractivity contribution in [2.45, 2.75) is 45.1 Å². The molecule has 1 atom stereocenters. The van der Waals surface area contributed by atoms with Crippen LogP contribution in [0.1, 0.15) is 38.4 Å². The van der Waals surface area contributed by atoms with E-state index >= 15 is 0 Å². The van der Waals surface area contributed by atoms with E-state index in [-0.39, 0.29) is 0 Å². The van der Waals surface area contributed by atoms with E-state index in [9.17, 15) is 0 Å². The summed E-state index contributed by atoms with van der Waals surface area (Å²) in [5, 5.41) is 3.69. The van der Waals surface area contributed by atoms with Crippen LogP contribution in [0.4, 0.5) is 0 Å². The summed E-state index contributed by atoms with van der Waals surface area (Å²) in [6.45, 7) is 3.25. The number of likely N-dealkylation sites (N-methyl/N-ethyl adjacent to an activating group) is 1. The summed E-state index contributed by atoms with van der Waals surface area (Å²) in [6.07, 6.45) is 6.59. The maximum Gasteiger partial charge on any atom is 0.111 e. The Morgan fingerprint density at radius 1 is 1.30 bits per heavy atom. The summed E-state index contributed by atoms with van der Waals surface area (Å²) in [7, 11) is 2.14.